The summed E-state index contributed by atoms with van der Waals surface area (Å²) in [5.41, 5.74) is 0.520. The van der Waals surface area contributed by atoms with Crippen molar-refractivity contribution in [3.63, 3.8) is 0 Å². The Bertz CT molecular complexity index is 1470. The van der Waals surface area contributed by atoms with Crippen LogP contribution in [0.1, 0.15) is 46.2 Å². The number of aldehydes is 1. The summed E-state index contributed by atoms with van der Waals surface area (Å²) in [6, 6.07) is 1.87. The van der Waals surface area contributed by atoms with Gasteiger partial charge in [-0.1, -0.05) is 23.7 Å². The van der Waals surface area contributed by atoms with Gasteiger partial charge in [0.1, 0.15) is 12.1 Å². The predicted molar refractivity (Wildman–Crippen MR) is 138 cm³/mol. The van der Waals surface area contributed by atoms with Crippen LogP contribution in [0.15, 0.2) is 46.3 Å². The van der Waals surface area contributed by atoms with Crippen LogP contribution < -0.4 is 10.9 Å². The highest BCUT2D eigenvalue weighted by Crippen LogP contribution is 2.41. The first-order chi connectivity index (χ1) is 18.6. The van der Waals surface area contributed by atoms with E-state index >= 15 is 0 Å². The molecular formula is C25H27ClF2N6O5. The van der Waals surface area contributed by atoms with E-state index in [0.717, 1.165) is 22.4 Å². The molecule has 4 aromatic rings. The lowest BCUT2D eigenvalue weighted by molar-refractivity contribution is 0.111. The Morgan fingerprint density at radius 3 is 2.59 bits per heavy atom. The van der Waals surface area contributed by atoms with Crippen LogP contribution in [0.4, 0.5) is 14.5 Å². The van der Waals surface area contributed by atoms with Gasteiger partial charge in [0, 0.05) is 44.3 Å². The molecule has 0 saturated carbocycles. The fourth-order valence-corrected chi connectivity index (χ4v) is 4.22. The third-order valence-electron chi connectivity index (χ3n) is 5.98. The summed E-state index contributed by atoms with van der Waals surface area (Å²) in [4.78, 5) is 27.8. The molecule has 11 nitrogen and oxygen atoms in total. The predicted octanol–water partition coefficient (Wildman–Crippen LogP) is 3.72. The van der Waals surface area contributed by atoms with Crippen molar-refractivity contribution < 1.29 is 27.9 Å². The van der Waals surface area contributed by atoms with Gasteiger partial charge >= 0.3 is 0 Å². The van der Waals surface area contributed by atoms with Gasteiger partial charge in [-0.25, -0.2) is 13.8 Å². The second-order valence-electron chi connectivity index (χ2n) is 8.43. The van der Waals surface area contributed by atoms with E-state index < -0.39 is 40.5 Å². The van der Waals surface area contributed by atoms with Crippen molar-refractivity contribution in [3.05, 3.63) is 86.6 Å². The van der Waals surface area contributed by atoms with Gasteiger partial charge in [0.15, 0.2) is 23.6 Å². The Hall–Kier alpha value is -4.10. The van der Waals surface area contributed by atoms with E-state index in [-0.39, 0.29) is 22.7 Å². The van der Waals surface area contributed by atoms with Gasteiger partial charge in [0.2, 0.25) is 5.75 Å². The quantitative estimate of drug-likeness (QED) is 0.230. The number of aromatic hydroxyl groups is 1. The summed E-state index contributed by atoms with van der Waals surface area (Å²) in [6.45, 7) is 2.56. The van der Waals surface area contributed by atoms with Crippen LogP contribution in [0.3, 0.4) is 0 Å². The normalized spacial score (nSPS) is 12.4. The van der Waals surface area contributed by atoms with Crippen LogP contribution >= 0.6 is 11.6 Å². The molecule has 0 spiro atoms. The van der Waals surface area contributed by atoms with E-state index in [9.17, 15) is 23.5 Å². The molecule has 3 aromatic heterocycles. The maximum absolute atomic E-state index is 14.2. The molecule has 0 saturated heterocycles. The molecule has 0 fully saturated rings. The van der Waals surface area contributed by atoms with Crippen LogP contribution in [-0.4, -0.2) is 56.6 Å². The number of anilines is 1. The Balaban J connectivity index is 0.000000520. The molecule has 1 aromatic carbocycles. The van der Waals surface area contributed by atoms with Gasteiger partial charge < -0.3 is 19.7 Å². The van der Waals surface area contributed by atoms with Crippen molar-refractivity contribution in [1.82, 2.24) is 24.5 Å². The van der Waals surface area contributed by atoms with E-state index in [1.807, 2.05) is 7.05 Å². The van der Waals surface area contributed by atoms with Gasteiger partial charge in [0.25, 0.3) is 5.56 Å². The number of aromatic nitrogens is 5. The van der Waals surface area contributed by atoms with E-state index in [1.54, 1.807) is 43.6 Å². The van der Waals surface area contributed by atoms with Crippen molar-refractivity contribution in [3.8, 4) is 5.75 Å². The van der Waals surface area contributed by atoms with E-state index in [0.29, 0.717) is 18.7 Å². The minimum Gasteiger partial charge on any atom is -0.501 e. The molecule has 3 heterocycles. The van der Waals surface area contributed by atoms with E-state index in [4.69, 9.17) is 16.3 Å². The molecule has 39 heavy (non-hydrogen) atoms. The highest BCUT2D eigenvalue weighted by molar-refractivity contribution is 6.31. The minimum atomic E-state index is -1.10. The number of nitrogens with one attached hydrogen (secondary N) is 1. The van der Waals surface area contributed by atoms with Crippen LogP contribution in [0.5, 0.6) is 5.75 Å². The molecule has 14 heteroatoms. The SMILES string of the molecule is CNc1cnoc1.COCCn1cc(C(c2cc(F)c(F)cc2Cl)C(C)c2nc(C=O)c(O)c(=O)n2C)cn1. The topological polar surface area (TPSA) is 137 Å². The smallest absolute Gasteiger partial charge is 0.296 e. The second-order valence-corrected chi connectivity index (χ2v) is 8.84. The zero-order valence-electron chi connectivity index (χ0n) is 21.6. The third kappa shape index (κ3) is 6.67. The third-order valence-corrected chi connectivity index (χ3v) is 6.31. The van der Waals surface area contributed by atoms with Gasteiger partial charge in [0.05, 0.1) is 31.2 Å². The summed E-state index contributed by atoms with van der Waals surface area (Å²) < 4.78 is 40.2. The van der Waals surface area contributed by atoms with Gasteiger partial charge in [-0.15, -0.1) is 0 Å². The van der Waals surface area contributed by atoms with Crippen LogP contribution in [0.25, 0.3) is 0 Å². The zero-order valence-corrected chi connectivity index (χ0v) is 22.3. The number of hydrogen-bond donors (Lipinski definition) is 2. The Morgan fingerprint density at radius 2 is 2.00 bits per heavy atom. The zero-order chi connectivity index (χ0) is 28.7. The summed E-state index contributed by atoms with van der Waals surface area (Å²) in [7, 11) is 4.76. The van der Waals surface area contributed by atoms with Gasteiger partial charge in [-0.3, -0.25) is 18.8 Å². The van der Waals surface area contributed by atoms with Crippen molar-refractivity contribution >= 4 is 23.6 Å². The van der Waals surface area contributed by atoms with Gasteiger partial charge in [-0.2, -0.15) is 5.10 Å². The molecule has 0 amide bonds. The number of rotatable bonds is 9. The summed E-state index contributed by atoms with van der Waals surface area (Å²) >= 11 is 6.28. The monoisotopic (exact) mass is 564 g/mol. The molecule has 2 N–H and O–H groups in total. The number of halogens is 3. The lowest BCUT2D eigenvalue weighted by atomic mass is 9.82. The average Bonchev–Trinajstić information content (AvgIpc) is 3.62. The first-order valence-corrected chi connectivity index (χ1v) is 12.0. The first kappa shape index (κ1) is 29.5. The molecule has 0 radical (unpaired) electrons. The number of methoxy groups -OCH3 is 1. The molecule has 0 aliphatic carbocycles. The molecule has 4 rings (SSSR count). The fourth-order valence-electron chi connectivity index (χ4n) is 3.95. The number of nitrogens with zero attached hydrogens (tertiary/aromatic N) is 5. The summed E-state index contributed by atoms with van der Waals surface area (Å²) in [6.07, 6.45) is 6.68. The lowest BCUT2D eigenvalue weighted by Crippen LogP contribution is -2.27. The molecule has 2 unspecified atom stereocenters. The summed E-state index contributed by atoms with van der Waals surface area (Å²) in [5, 5.41) is 20.4. The molecular weight excluding hydrogens is 538 g/mol. The van der Waals surface area contributed by atoms with Crippen molar-refractivity contribution in [2.75, 3.05) is 26.1 Å². The van der Waals surface area contributed by atoms with Crippen LogP contribution in [-0.2, 0) is 18.3 Å². The van der Waals surface area contributed by atoms with Crippen molar-refractivity contribution in [2.45, 2.75) is 25.3 Å². The largest absolute Gasteiger partial charge is 0.501 e. The highest BCUT2D eigenvalue weighted by atomic mass is 35.5. The first-order valence-electron chi connectivity index (χ1n) is 11.6. The van der Waals surface area contributed by atoms with E-state index in [2.05, 4.69) is 25.1 Å². The number of benzene rings is 1. The van der Waals surface area contributed by atoms with E-state index in [1.165, 1.54) is 7.05 Å². The minimum absolute atomic E-state index is 0.0234. The Morgan fingerprint density at radius 1 is 1.28 bits per heavy atom. The maximum atomic E-state index is 14.2. The Labute approximate surface area is 227 Å². The average molecular weight is 565 g/mol. The maximum Gasteiger partial charge on any atom is 0.296 e. The fraction of sp³-hybridized carbons (Fsp3) is 0.320. The lowest BCUT2D eigenvalue weighted by Gasteiger charge is -2.26. The van der Waals surface area contributed by atoms with Gasteiger partial charge in [-0.05, 0) is 23.3 Å². The highest BCUT2D eigenvalue weighted by Gasteiger charge is 2.31. The number of ether oxygens (including phenoxy) is 1. The summed E-state index contributed by atoms with van der Waals surface area (Å²) in [5.74, 6) is -4.18. The van der Waals surface area contributed by atoms with Crippen molar-refractivity contribution in [2.24, 2.45) is 7.05 Å². The molecule has 0 aliphatic heterocycles. The number of carbonyl (C=O) groups is 1. The molecule has 0 bridgehead atoms. The number of carbonyl (C=O) groups excluding carboxylic acids is 1. The van der Waals surface area contributed by atoms with Crippen molar-refractivity contribution in [1.29, 1.82) is 0 Å². The Kier molecular flexibility index (Phi) is 9.90. The van der Waals surface area contributed by atoms with Crippen LogP contribution in [0.2, 0.25) is 5.02 Å². The standard InChI is InChI=1S/C21H21ClF2N4O4.C4H6N2O/c1-11(20-26-17(10-29)19(30)21(31)27(20)2)18(12-8-25-28(9-12)4-5-32-3)13-6-15(23)16(24)7-14(13)22;1-5-4-2-6-7-3-4/h6-11,18,30H,4-5H2,1-3H3;2-3,5H,1H3. The molecule has 2 atom stereocenters. The van der Waals surface area contributed by atoms with Crippen LogP contribution in [0, 0.1) is 11.6 Å². The molecule has 208 valence electrons. The number of hydrogen-bond acceptors (Lipinski definition) is 9. The second kappa shape index (κ2) is 13.1. The molecule has 0 aliphatic rings.